The van der Waals surface area contributed by atoms with E-state index in [-0.39, 0.29) is 6.23 Å². The molecule has 0 saturated carbocycles. The summed E-state index contributed by atoms with van der Waals surface area (Å²) in [6.07, 6.45) is 6.86. The van der Waals surface area contributed by atoms with E-state index in [9.17, 15) is 0 Å². The summed E-state index contributed by atoms with van der Waals surface area (Å²) in [4.78, 5) is 4.56. The zero-order chi connectivity index (χ0) is 17.8. The van der Waals surface area contributed by atoms with Gasteiger partial charge in [0, 0.05) is 16.4 Å². The Kier molecular flexibility index (Phi) is 5.50. The van der Waals surface area contributed by atoms with Crippen molar-refractivity contribution in [3.8, 4) is 17.1 Å². The molecular formula is C20H20IN3O2. The van der Waals surface area contributed by atoms with Crippen LogP contribution >= 0.6 is 22.6 Å². The Morgan fingerprint density at radius 2 is 2.15 bits per heavy atom. The average molecular weight is 461 g/mol. The topological polar surface area (TPSA) is 49.2 Å². The summed E-state index contributed by atoms with van der Waals surface area (Å²) >= 11 is 2.30. The van der Waals surface area contributed by atoms with Crippen LogP contribution in [0.3, 0.4) is 0 Å². The number of halogens is 1. The van der Waals surface area contributed by atoms with Crippen molar-refractivity contribution in [3.05, 3.63) is 64.0 Å². The molecule has 0 amide bonds. The van der Waals surface area contributed by atoms with Gasteiger partial charge in [-0.1, -0.05) is 12.1 Å². The van der Waals surface area contributed by atoms with Gasteiger partial charge in [-0.05, 0) is 77.7 Å². The van der Waals surface area contributed by atoms with Crippen LogP contribution in [-0.4, -0.2) is 21.4 Å². The molecule has 1 aromatic carbocycles. The van der Waals surface area contributed by atoms with Crippen LogP contribution in [0.1, 0.15) is 31.1 Å². The van der Waals surface area contributed by atoms with Crippen LogP contribution in [0.5, 0.6) is 5.75 Å². The molecule has 0 N–H and O–H groups in total. The molecule has 26 heavy (non-hydrogen) atoms. The minimum absolute atomic E-state index is 0.00651. The van der Waals surface area contributed by atoms with Gasteiger partial charge in [0.1, 0.15) is 12.4 Å². The van der Waals surface area contributed by atoms with E-state index >= 15 is 0 Å². The lowest BCUT2D eigenvalue weighted by molar-refractivity contribution is -0.0384. The Morgan fingerprint density at radius 3 is 2.92 bits per heavy atom. The minimum Gasteiger partial charge on any atom is -0.487 e. The largest absolute Gasteiger partial charge is 0.487 e. The van der Waals surface area contributed by atoms with Crippen molar-refractivity contribution < 1.29 is 9.47 Å². The number of hydrogen-bond donors (Lipinski definition) is 0. The fourth-order valence-corrected chi connectivity index (χ4v) is 3.68. The van der Waals surface area contributed by atoms with Crippen LogP contribution in [-0.2, 0) is 11.3 Å². The first-order valence-corrected chi connectivity index (χ1v) is 9.86. The molecule has 0 spiro atoms. The van der Waals surface area contributed by atoms with Gasteiger partial charge in [-0.15, -0.1) is 0 Å². The summed E-state index contributed by atoms with van der Waals surface area (Å²) in [6, 6.07) is 14.2. The normalized spacial score (nSPS) is 17.2. The Hall–Kier alpha value is -1.93. The maximum Gasteiger partial charge on any atom is 0.150 e. The van der Waals surface area contributed by atoms with Gasteiger partial charge in [0.2, 0.25) is 0 Å². The number of pyridine rings is 1. The van der Waals surface area contributed by atoms with Gasteiger partial charge < -0.3 is 9.47 Å². The summed E-state index contributed by atoms with van der Waals surface area (Å²) < 4.78 is 14.8. The third-order valence-corrected chi connectivity index (χ3v) is 5.06. The molecule has 1 aliphatic heterocycles. The lowest BCUT2D eigenvalue weighted by atomic mass is 10.2. The Labute approximate surface area is 166 Å². The summed E-state index contributed by atoms with van der Waals surface area (Å²) in [6.45, 7) is 1.33. The fourth-order valence-electron chi connectivity index (χ4n) is 3.07. The molecule has 2 aromatic heterocycles. The standard InChI is InChI=1S/C20H20IN3O2/c21-16-5-3-4-15(12-16)14-26-17-7-8-18(22-13-17)19-9-10-23-24(19)20-6-1-2-11-25-20/h3-5,7-10,12-13,20H,1-2,6,11,14H2. The Bertz CT molecular complexity index is 858. The van der Waals surface area contributed by atoms with Gasteiger partial charge in [-0.25, -0.2) is 4.68 Å². The van der Waals surface area contributed by atoms with Crippen LogP contribution in [0.15, 0.2) is 54.9 Å². The van der Waals surface area contributed by atoms with Crippen molar-refractivity contribution in [2.24, 2.45) is 0 Å². The fraction of sp³-hybridized carbons (Fsp3) is 0.300. The molecule has 134 valence electrons. The van der Waals surface area contributed by atoms with Gasteiger partial charge in [0.25, 0.3) is 0 Å². The van der Waals surface area contributed by atoms with Gasteiger partial charge in [-0.3, -0.25) is 4.98 Å². The van der Waals surface area contributed by atoms with Crippen molar-refractivity contribution in [1.82, 2.24) is 14.8 Å². The Balaban J connectivity index is 1.45. The number of rotatable bonds is 5. The smallest absolute Gasteiger partial charge is 0.150 e. The predicted octanol–water partition coefficient (Wildman–Crippen LogP) is 4.83. The second-order valence-corrected chi connectivity index (χ2v) is 7.53. The van der Waals surface area contributed by atoms with Crippen LogP contribution in [0.4, 0.5) is 0 Å². The van der Waals surface area contributed by atoms with E-state index in [0.717, 1.165) is 42.1 Å². The van der Waals surface area contributed by atoms with Crippen LogP contribution in [0.25, 0.3) is 11.4 Å². The second kappa shape index (κ2) is 8.18. The van der Waals surface area contributed by atoms with Gasteiger partial charge in [-0.2, -0.15) is 5.10 Å². The monoisotopic (exact) mass is 461 g/mol. The molecule has 1 atom stereocenters. The highest BCUT2D eigenvalue weighted by Crippen LogP contribution is 2.28. The quantitative estimate of drug-likeness (QED) is 0.511. The first-order valence-electron chi connectivity index (χ1n) is 8.78. The summed E-state index contributed by atoms with van der Waals surface area (Å²) in [5.41, 5.74) is 2.99. The van der Waals surface area contributed by atoms with E-state index in [4.69, 9.17) is 9.47 Å². The van der Waals surface area contributed by atoms with Crippen LogP contribution in [0.2, 0.25) is 0 Å². The van der Waals surface area contributed by atoms with Crippen LogP contribution in [0, 0.1) is 3.57 Å². The number of ether oxygens (including phenoxy) is 2. The van der Waals surface area contributed by atoms with Crippen molar-refractivity contribution in [1.29, 1.82) is 0 Å². The summed E-state index contributed by atoms with van der Waals surface area (Å²) in [5, 5.41) is 4.44. The molecule has 0 bridgehead atoms. The van der Waals surface area contributed by atoms with E-state index in [1.165, 1.54) is 9.99 Å². The molecule has 1 aliphatic rings. The van der Waals surface area contributed by atoms with Crippen molar-refractivity contribution >= 4 is 22.6 Å². The molecule has 5 nitrogen and oxygen atoms in total. The molecule has 4 rings (SSSR count). The van der Waals surface area contributed by atoms with Gasteiger partial charge >= 0.3 is 0 Å². The molecule has 0 aliphatic carbocycles. The number of nitrogens with zero attached hydrogens (tertiary/aromatic N) is 3. The molecular weight excluding hydrogens is 441 g/mol. The molecule has 1 fully saturated rings. The number of benzene rings is 1. The summed E-state index contributed by atoms with van der Waals surface area (Å²) in [7, 11) is 0. The molecule has 1 saturated heterocycles. The number of aromatic nitrogens is 3. The molecule has 3 heterocycles. The number of hydrogen-bond acceptors (Lipinski definition) is 4. The van der Waals surface area contributed by atoms with Crippen molar-refractivity contribution in [2.45, 2.75) is 32.1 Å². The maximum atomic E-state index is 5.85. The second-order valence-electron chi connectivity index (χ2n) is 6.28. The maximum absolute atomic E-state index is 5.85. The summed E-state index contributed by atoms with van der Waals surface area (Å²) in [5.74, 6) is 0.757. The first kappa shape index (κ1) is 17.5. The SMILES string of the molecule is Ic1cccc(COc2ccc(-c3ccnn3C3CCCCO3)nc2)c1. The molecule has 6 heteroatoms. The van der Waals surface area contributed by atoms with Crippen LogP contribution < -0.4 is 4.74 Å². The van der Waals surface area contributed by atoms with Gasteiger partial charge in [0.05, 0.1) is 17.6 Å². The van der Waals surface area contributed by atoms with E-state index in [1.807, 2.05) is 28.9 Å². The van der Waals surface area contributed by atoms with E-state index in [0.29, 0.717) is 6.61 Å². The van der Waals surface area contributed by atoms with E-state index in [1.54, 1.807) is 12.4 Å². The van der Waals surface area contributed by atoms with Crippen molar-refractivity contribution in [3.63, 3.8) is 0 Å². The average Bonchev–Trinajstić information content (AvgIpc) is 3.17. The van der Waals surface area contributed by atoms with E-state index in [2.05, 4.69) is 50.9 Å². The first-order chi connectivity index (χ1) is 12.8. The van der Waals surface area contributed by atoms with Crippen molar-refractivity contribution in [2.75, 3.05) is 6.61 Å². The third-order valence-electron chi connectivity index (χ3n) is 4.39. The highest BCUT2D eigenvalue weighted by Gasteiger charge is 2.19. The Morgan fingerprint density at radius 1 is 1.19 bits per heavy atom. The highest BCUT2D eigenvalue weighted by atomic mass is 127. The zero-order valence-corrected chi connectivity index (χ0v) is 16.5. The van der Waals surface area contributed by atoms with Gasteiger partial charge in [0.15, 0.2) is 6.23 Å². The minimum atomic E-state index is 0.00651. The zero-order valence-electron chi connectivity index (χ0n) is 14.3. The highest BCUT2D eigenvalue weighted by molar-refractivity contribution is 14.1. The predicted molar refractivity (Wildman–Crippen MR) is 108 cm³/mol. The molecule has 0 radical (unpaired) electrons. The molecule has 1 unspecified atom stereocenters. The third kappa shape index (κ3) is 4.07. The van der Waals surface area contributed by atoms with E-state index < -0.39 is 0 Å². The lowest BCUT2D eigenvalue weighted by Gasteiger charge is -2.24. The lowest BCUT2D eigenvalue weighted by Crippen LogP contribution is -2.20. The molecule has 3 aromatic rings.